The van der Waals surface area contributed by atoms with E-state index in [1.807, 2.05) is 19.1 Å². The summed E-state index contributed by atoms with van der Waals surface area (Å²) in [6, 6.07) is 5.44. The fourth-order valence-corrected chi connectivity index (χ4v) is 1.55. The lowest BCUT2D eigenvalue weighted by atomic mass is 9.91. The SMILES string of the molecule is COc1cccc(C)c1CC(C)(N)C(F)F. The molecule has 0 aliphatic carbocycles. The van der Waals surface area contributed by atoms with Crippen molar-refractivity contribution in [3.63, 3.8) is 0 Å². The molecule has 0 saturated heterocycles. The highest BCUT2D eigenvalue weighted by molar-refractivity contribution is 5.40. The number of ether oxygens (including phenoxy) is 1. The van der Waals surface area contributed by atoms with Gasteiger partial charge >= 0.3 is 0 Å². The van der Waals surface area contributed by atoms with E-state index in [2.05, 4.69) is 0 Å². The highest BCUT2D eigenvalue weighted by atomic mass is 19.3. The number of nitrogens with two attached hydrogens (primary N) is 1. The van der Waals surface area contributed by atoms with Crippen LogP contribution in [-0.4, -0.2) is 19.1 Å². The van der Waals surface area contributed by atoms with Crippen LogP contribution in [0.4, 0.5) is 8.78 Å². The van der Waals surface area contributed by atoms with E-state index in [-0.39, 0.29) is 6.42 Å². The number of rotatable bonds is 4. The van der Waals surface area contributed by atoms with Crippen LogP contribution >= 0.6 is 0 Å². The lowest BCUT2D eigenvalue weighted by Crippen LogP contribution is -2.46. The maximum absolute atomic E-state index is 12.7. The van der Waals surface area contributed by atoms with Crippen molar-refractivity contribution < 1.29 is 13.5 Å². The van der Waals surface area contributed by atoms with Gasteiger partial charge in [-0.15, -0.1) is 0 Å². The van der Waals surface area contributed by atoms with Gasteiger partial charge in [-0.2, -0.15) is 0 Å². The van der Waals surface area contributed by atoms with Crippen molar-refractivity contribution in [2.24, 2.45) is 5.73 Å². The summed E-state index contributed by atoms with van der Waals surface area (Å²) in [6.45, 7) is 3.21. The fourth-order valence-electron chi connectivity index (χ4n) is 1.55. The van der Waals surface area contributed by atoms with Crippen LogP contribution in [0.2, 0.25) is 0 Å². The number of hydrogen-bond donors (Lipinski definition) is 1. The molecule has 0 heterocycles. The normalized spacial score (nSPS) is 14.9. The van der Waals surface area contributed by atoms with Crippen LogP contribution in [0.1, 0.15) is 18.1 Å². The van der Waals surface area contributed by atoms with E-state index in [4.69, 9.17) is 10.5 Å². The molecule has 0 spiro atoms. The van der Waals surface area contributed by atoms with Gasteiger partial charge in [0.25, 0.3) is 6.43 Å². The van der Waals surface area contributed by atoms with Gasteiger partial charge in [0.2, 0.25) is 0 Å². The van der Waals surface area contributed by atoms with Gasteiger partial charge in [-0.25, -0.2) is 8.78 Å². The molecule has 1 atom stereocenters. The molecule has 0 aliphatic rings. The van der Waals surface area contributed by atoms with E-state index in [1.165, 1.54) is 14.0 Å². The maximum atomic E-state index is 12.7. The van der Waals surface area contributed by atoms with Gasteiger partial charge in [-0.05, 0) is 37.5 Å². The zero-order valence-electron chi connectivity index (χ0n) is 9.76. The summed E-state index contributed by atoms with van der Waals surface area (Å²) in [7, 11) is 1.52. The van der Waals surface area contributed by atoms with Gasteiger partial charge < -0.3 is 10.5 Å². The van der Waals surface area contributed by atoms with Crippen molar-refractivity contribution in [2.45, 2.75) is 32.2 Å². The molecular formula is C12H17F2NO. The number of alkyl halides is 2. The Bertz CT molecular complexity index is 364. The Balaban J connectivity index is 3.05. The van der Waals surface area contributed by atoms with Crippen molar-refractivity contribution in [2.75, 3.05) is 7.11 Å². The van der Waals surface area contributed by atoms with Crippen LogP contribution in [0.5, 0.6) is 5.75 Å². The quantitative estimate of drug-likeness (QED) is 0.861. The number of methoxy groups -OCH3 is 1. The molecule has 1 aromatic carbocycles. The van der Waals surface area contributed by atoms with Crippen molar-refractivity contribution in [3.8, 4) is 5.75 Å². The molecule has 0 aromatic heterocycles. The molecule has 0 aliphatic heterocycles. The Morgan fingerprint density at radius 1 is 1.44 bits per heavy atom. The average Bonchev–Trinajstić information content (AvgIpc) is 2.20. The summed E-state index contributed by atoms with van der Waals surface area (Å²) >= 11 is 0. The summed E-state index contributed by atoms with van der Waals surface area (Å²) in [6.07, 6.45) is -2.46. The Morgan fingerprint density at radius 2 is 2.06 bits per heavy atom. The van der Waals surface area contributed by atoms with E-state index < -0.39 is 12.0 Å². The Hall–Kier alpha value is -1.16. The molecule has 0 bridgehead atoms. The highest BCUT2D eigenvalue weighted by Gasteiger charge is 2.31. The summed E-state index contributed by atoms with van der Waals surface area (Å²) in [5, 5.41) is 0. The van der Waals surface area contributed by atoms with Crippen molar-refractivity contribution in [1.82, 2.24) is 0 Å². The van der Waals surface area contributed by atoms with Gasteiger partial charge in [-0.1, -0.05) is 12.1 Å². The van der Waals surface area contributed by atoms with Crippen LogP contribution in [-0.2, 0) is 6.42 Å². The van der Waals surface area contributed by atoms with E-state index >= 15 is 0 Å². The van der Waals surface area contributed by atoms with Gasteiger partial charge in [-0.3, -0.25) is 0 Å². The molecular weight excluding hydrogens is 212 g/mol. The van der Waals surface area contributed by atoms with Gasteiger partial charge in [0.1, 0.15) is 5.75 Å². The molecule has 0 saturated carbocycles. The first-order valence-electron chi connectivity index (χ1n) is 5.08. The molecule has 1 unspecified atom stereocenters. The number of hydrogen-bond acceptors (Lipinski definition) is 2. The minimum atomic E-state index is -2.56. The molecule has 0 radical (unpaired) electrons. The second-order valence-corrected chi connectivity index (χ2v) is 4.24. The Morgan fingerprint density at radius 3 is 2.56 bits per heavy atom. The number of aryl methyl sites for hydroxylation is 1. The van der Waals surface area contributed by atoms with Crippen LogP contribution in [0.15, 0.2) is 18.2 Å². The predicted octanol–water partition coefficient (Wildman–Crippen LogP) is 2.53. The average molecular weight is 229 g/mol. The lowest BCUT2D eigenvalue weighted by molar-refractivity contribution is 0.0635. The minimum absolute atomic E-state index is 0.0977. The van der Waals surface area contributed by atoms with Gasteiger partial charge in [0.05, 0.1) is 12.6 Å². The van der Waals surface area contributed by atoms with E-state index in [0.717, 1.165) is 11.1 Å². The second-order valence-electron chi connectivity index (χ2n) is 4.24. The van der Waals surface area contributed by atoms with Crippen LogP contribution < -0.4 is 10.5 Å². The smallest absolute Gasteiger partial charge is 0.256 e. The zero-order valence-corrected chi connectivity index (χ0v) is 9.76. The number of benzene rings is 1. The first-order chi connectivity index (χ1) is 7.38. The van der Waals surface area contributed by atoms with Crippen molar-refractivity contribution >= 4 is 0 Å². The van der Waals surface area contributed by atoms with Crippen LogP contribution in [0, 0.1) is 6.92 Å². The largest absolute Gasteiger partial charge is 0.496 e. The molecule has 16 heavy (non-hydrogen) atoms. The summed E-state index contributed by atoms with van der Waals surface area (Å²) in [4.78, 5) is 0. The van der Waals surface area contributed by atoms with Crippen molar-refractivity contribution in [3.05, 3.63) is 29.3 Å². The third-order valence-electron chi connectivity index (χ3n) is 2.64. The maximum Gasteiger partial charge on any atom is 0.256 e. The first-order valence-corrected chi connectivity index (χ1v) is 5.08. The minimum Gasteiger partial charge on any atom is -0.496 e. The Labute approximate surface area is 94.4 Å². The summed E-state index contributed by atoms with van der Waals surface area (Å²) < 4.78 is 30.6. The molecule has 1 rings (SSSR count). The standard InChI is InChI=1S/C12H17F2NO/c1-8-5-4-6-10(16-3)9(8)7-12(2,15)11(13)14/h4-6,11H,7,15H2,1-3H3. The third kappa shape index (κ3) is 2.70. The van der Waals surface area contributed by atoms with E-state index in [1.54, 1.807) is 6.07 Å². The fraction of sp³-hybridized carbons (Fsp3) is 0.500. The molecule has 90 valence electrons. The highest BCUT2D eigenvalue weighted by Crippen LogP contribution is 2.27. The van der Waals surface area contributed by atoms with E-state index in [9.17, 15) is 8.78 Å². The zero-order chi connectivity index (χ0) is 12.3. The molecule has 0 amide bonds. The van der Waals surface area contributed by atoms with Crippen LogP contribution in [0.3, 0.4) is 0 Å². The van der Waals surface area contributed by atoms with Gasteiger partial charge in [0, 0.05) is 0 Å². The first kappa shape index (κ1) is 12.9. The predicted molar refractivity (Wildman–Crippen MR) is 60.0 cm³/mol. The number of halogens is 2. The topological polar surface area (TPSA) is 35.2 Å². The molecule has 1 aromatic rings. The second kappa shape index (κ2) is 4.78. The van der Waals surface area contributed by atoms with E-state index in [0.29, 0.717) is 5.75 Å². The molecule has 2 N–H and O–H groups in total. The third-order valence-corrected chi connectivity index (χ3v) is 2.64. The molecule has 0 fully saturated rings. The molecule has 4 heteroatoms. The van der Waals surface area contributed by atoms with Crippen LogP contribution in [0.25, 0.3) is 0 Å². The van der Waals surface area contributed by atoms with Gasteiger partial charge in [0.15, 0.2) is 0 Å². The molecule has 2 nitrogen and oxygen atoms in total. The monoisotopic (exact) mass is 229 g/mol. The van der Waals surface area contributed by atoms with Crippen molar-refractivity contribution in [1.29, 1.82) is 0 Å². The summed E-state index contributed by atoms with van der Waals surface area (Å²) in [5.41, 5.74) is 5.71. The lowest BCUT2D eigenvalue weighted by Gasteiger charge is -2.25. The Kier molecular flexibility index (Phi) is 3.86. The summed E-state index contributed by atoms with van der Waals surface area (Å²) in [5.74, 6) is 0.609.